The number of carbonyl (C=O) groups is 1. The van der Waals surface area contributed by atoms with Crippen LogP contribution in [0.1, 0.15) is 28.4 Å². The van der Waals surface area contributed by atoms with E-state index in [9.17, 15) is 4.79 Å². The highest BCUT2D eigenvalue weighted by Gasteiger charge is 2.24. The molecule has 4 heteroatoms. The third-order valence-electron chi connectivity index (χ3n) is 3.65. The lowest BCUT2D eigenvalue weighted by atomic mass is 10.1. The predicted molar refractivity (Wildman–Crippen MR) is 82.0 cm³/mol. The fourth-order valence-electron chi connectivity index (χ4n) is 2.60. The largest absolute Gasteiger partial charge is 0.494 e. The van der Waals surface area contributed by atoms with Crippen molar-refractivity contribution in [3.8, 4) is 5.75 Å². The maximum atomic E-state index is 12.5. The zero-order valence-electron chi connectivity index (χ0n) is 12.0. The third kappa shape index (κ3) is 2.70. The van der Waals surface area contributed by atoms with Gasteiger partial charge in [0.2, 0.25) is 0 Å². The van der Waals surface area contributed by atoms with Gasteiger partial charge in [-0.1, -0.05) is 6.07 Å². The Kier molecular flexibility index (Phi) is 3.52. The average molecular weight is 282 g/mol. The molecule has 2 aromatic rings. The zero-order valence-corrected chi connectivity index (χ0v) is 12.0. The maximum Gasteiger partial charge on any atom is 0.254 e. The molecule has 0 aliphatic carbocycles. The first-order valence-corrected chi connectivity index (χ1v) is 7.07. The Morgan fingerprint density at radius 1 is 1.14 bits per heavy atom. The fourth-order valence-corrected chi connectivity index (χ4v) is 2.60. The third-order valence-corrected chi connectivity index (χ3v) is 3.65. The molecule has 0 atom stereocenters. The Hall–Kier alpha value is -2.49. The standard InChI is InChI=1S/C17H18N2O2/c1-2-21-16-7-4-12(5-8-16)17(20)19-10-13-3-6-15(18)9-14(13)11-19/h3-9H,2,10-11,18H2,1H3. The lowest BCUT2D eigenvalue weighted by Gasteiger charge is -2.15. The van der Waals surface area contributed by atoms with Crippen LogP contribution >= 0.6 is 0 Å². The van der Waals surface area contributed by atoms with Gasteiger partial charge in [0.25, 0.3) is 5.91 Å². The Labute approximate surface area is 124 Å². The molecule has 0 bridgehead atoms. The lowest BCUT2D eigenvalue weighted by Crippen LogP contribution is -2.25. The first-order chi connectivity index (χ1) is 10.2. The molecule has 0 radical (unpaired) electrons. The van der Waals surface area contributed by atoms with Crippen LogP contribution in [0.5, 0.6) is 5.75 Å². The summed E-state index contributed by atoms with van der Waals surface area (Å²) >= 11 is 0. The Bertz CT molecular complexity index is 665. The molecule has 4 nitrogen and oxygen atoms in total. The van der Waals surface area contributed by atoms with Crippen molar-refractivity contribution in [1.29, 1.82) is 0 Å². The molecule has 1 amide bonds. The van der Waals surface area contributed by atoms with E-state index in [1.807, 2.05) is 54.3 Å². The van der Waals surface area contributed by atoms with Gasteiger partial charge in [-0.15, -0.1) is 0 Å². The van der Waals surface area contributed by atoms with Crippen molar-refractivity contribution >= 4 is 11.6 Å². The topological polar surface area (TPSA) is 55.6 Å². The van der Waals surface area contributed by atoms with E-state index < -0.39 is 0 Å². The molecule has 2 N–H and O–H groups in total. The van der Waals surface area contributed by atoms with Crippen molar-refractivity contribution in [2.24, 2.45) is 0 Å². The van der Waals surface area contributed by atoms with Crippen LogP contribution in [0, 0.1) is 0 Å². The molecule has 3 rings (SSSR count). The normalized spacial score (nSPS) is 13.1. The van der Waals surface area contributed by atoms with Crippen LogP contribution in [-0.4, -0.2) is 17.4 Å². The second-order valence-corrected chi connectivity index (χ2v) is 5.15. The van der Waals surface area contributed by atoms with E-state index in [0.29, 0.717) is 25.3 Å². The highest BCUT2D eigenvalue weighted by Crippen LogP contribution is 2.26. The number of benzene rings is 2. The second kappa shape index (κ2) is 5.48. The zero-order chi connectivity index (χ0) is 14.8. The predicted octanol–water partition coefficient (Wildman–Crippen LogP) is 2.82. The van der Waals surface area contributed by atoms with Gasteiger partial charge in [-0.2, -0.15) is 0 Å². The molecular weight excluding hydrogens is 264 g/mol. The van der Waals surface area contributed by atoms with Crippen LogP contribution in [0.4, 0.5) is 5.69 Å². The number of hydrogen-bond acceptors (Lipinski definition) is 3. The van der Waals surface area contributed by atoms with E-state index in [0.717, 1.165) is 17.0 Å². The van der Waals surface area contributed by atoms with E-state index in [1.54, 1.807) is 0 Å². The van der Waals surface area contributed by atoms with Crippen molar-refractivity contribution < 1.29 is 9.53 Å². The van der Waals surface area contributed by atoms with E-state index in [2.05, 4.69) is 0 Å². The summed E-state index contributed by atoms with van der Waals surface area (Å²) in [5.74, 6) is 0.819. The Balaban J connectivity index is 1.75. The van der Waals surface area contributed by atoms with Gasteiger partial charge in [0.05, 0.1) is 6.61 Å². The molecule has 2 aromatic carbocycles. The first-order valence-electron chi connectivity index (χ1n) is 7.07. The van der Waals surface area contributed by atoms with Crippen LogP contribution < -0.4 is 10.5 Å². The van der Waals surface area contributed by atoms with E-state index in [4.69, 9.17) is 10.5 Å². The molecule has 0 saturated heterocycles. The highest BCUT2D eigenvalue weighted by atomic mass is 16.5. The number of hydrogen-bond donors (Lipinski definition) is 1. The molecule has 0 unspecified atom stereocenters. The first kappa shape index (κ1) is 13.5. The molecule has 21 heavy (non-hydrogen) atoms. The summed E-state index contributed by atoms with van der Waals surface area (Å²) in [6.45, 7) is 3.82. The number of rotatable bonds is 3. The van der Waals surface area contributed by atoms with Crippen molar-refractivity contribution in [2.45, 2.75) is 20.0 Å². The summed E-state index contributed by atoms with van der Waals surface area (Å²) in [6, 6.07) is 13.1. The maximum absolute atomic E-state index is 12.5. The van der Waals surface area contributed by atoms with Crippen molar-refractivity contribution in [1.82, 2.24) is 4.90 Å². The van der Waals surface area contributed by atoms with Crippen molar-refractivity contribution in [2.75, 3.05) is 12.3 Å². The molecule has 0 fully saturated rings. The summed E-state index contributed by atoms with van der Waals surface area (Å²) < 4.78 is 5.39. The summed E-state index contributed by atoms with van der Waals surface area (Å²) in [5.41, 5.74) is 9.51. The van der Waals surface area contributed by atoms with Crippen LogP contribution in [-0.2, 0) is 13.1 Å². The van der Waals surface area contributed by atoms with Crippen molar-refractivity contribution in [3.63, 3.8) is 0 Å². The number of ether oxygens (including phenoxy) is 1. The molecular formula is C17H18N2O2. The minimum absolute atomic E-state index is 0.0350. The molecule has 108 valence electrons. The summed E-state index contributed by atoms with van der Waals surface area (Å²) in [5, 5.41) is 0. The fraction of sp³-hybridized carbons (Fsp3) is 0.235. The molecule has 0 aromatic heterocycles. The highest BCUT2D eigenvalue weighted by molar-refractivity contribution is 5.94. The quantitative estimate of drug-likeness (QED) is 0.881. The lowest BCUT2D eigenvalue weighted by molar-refractivity contribution is 0.0751. The molecule has 0 spiro atoms. The number of nitrogens with zero attached hydrogens (tertiary/aromatic N) is 1. The van der Waals surface area contributed by atoms with Crippen LogP contribution in [0.2, 0.25) is 0 Å². The van der Waals surface area contributed by atoms with Gasteiger partial charge in [-0.25, -0.2) is 0 Å². The van der Waals surface area contributed by atoms with Gasteiger partial charge in [-0.3, -0.25) is 4.79 Å². The summed E-state index contributed by atoms with van der Waals surface area (Å²) in [7, 11) is 0. The van der Waals surface area contributed by atoms with Gasteiger partial charge >= 0.3 is 0 Å². The van der Waals surface area contributed by atoms with Gasteiger partial charge in [0.1, 0.15) is 5.75 Å². The summed E-state index contributed by atoms with van der Waals surface area (Å²) in [6.07, 6.45) is 0. The van der Waals surface area contributed by atoms with Gasteiger partial charge in [0.15, 0.2) is 0 Å². The number of amides is 1. The molecule has 1 heterocycles. The smallest absolute Gasteiger partial charge is 0.254 e. The van der Waals surface area contributed by atoms with Gasteiger partial charge in [0, 0.05) is 24.3 Å². The van der Waals surface area contributed by atoms with Crippen LogP contribution in [0.25, 0.3) is 0 Å². The van der Waals surface area contributed by atoms with Crippen LogP contribution in [0.15, 0.2) is 42.5 Å². The summed E-state index contributed by atoms with van der Waals surface area (Å²) in [4.78, 5) is 14.4. The van der Waals surface area contributed by atoms with E-state index in [1.165, 1.54) is 5.56 Å². The van der Waals surface area contributed by atoms with Crippen molar-refractivity contribution in [3.05, 3.63) is 59.2 Å². The van der Waals surface area contributed by atoms with E-state index >= 15 is 0 Å². The Morgan fingerprint density at radius 2 is 1.86 bits per heavy atom. The number of nitrogens with two attached hydrogens (primary N) is 1. The monoisotopic (exact) mass is 282 g/mol. The average Bonchev–Trinajstić information content (AvgIpc) is 2.90. The molecule has 1 aliphatic heterocycles. The number of carbonyl (C=O) groups excluding carboxylic acids is 1. The number of anilines is 1. The minimum Gasteiger partial charge on any atom is -0.494 e. The number of fused-ring (bicyclic) bond motifs is 1. The molecule has 0 saturated carbocycles. The minimum atomic E-state index is 0.0350. The Morgan fingerprint density at radius 3 is 2.57 bits per heavy atom. The molecule has 1 aliphatic rings. The van der Waals surface area contributed by atoms with Gasteiger partial charge < -0.3 is 15.4 Å². The number of nitrogen functional groups attached to an aromatic ring is 1. The van der Waals surface area contributed by atoms with Crippen LogP contribution in [0.3, 0.4) is 0 Å². The SMILES string of the molecule is CCOc1ccc(C(=O)N2Cc3ccc(N)cc3C2)cc1. The van der Waals surface area contributed by atoms with E-state index in [-0.39, 0.29) is 5.91 Å². The second-order valence-electron chi connectivity index (χ2n) is 5.15. The van der Waals surface area contributed by atoms with Gasteiger partial charge in [-0.05, 0) is 54.4 Å².